The molecule has 1 aliphatic rings. The Hall–Kier alpha value is 1.34. The van der Waals surface area contributed by atoms with Crippen LogP contribution in [-0.4, -0.2) is 18.5 Å². The number of ether oxygens (including phenoxy) is 1. The number of rotatable bonds is 0. The molecule has 0 N–H and O–H groups in total. The molecule has 0 aromatic rings. The average Bonchev–Trinajstić information content (AvgIpc) is 2.41. The predicted molar refractivity (Wildman–Crippen MR) is 60.6 cm³/mol. The predicted octanol–water partition coefficient (Wildman–Crippen LogP) is 4.20. The highest BCUT2D eigenvalue weighted by atomic mass is 36.0. The summed E-state index contributed by atoms with van der Waals surface area (Å²) in [4.78, 5) is 0. The standard InChI is InChI=1S/C4H8O.C2H6.Cl4Si/c1-2-4-5-3-1;1-2;1-5(2,3)4/h1-4H2;1-2H3;. The van der Waals surface area contributed by atoms with E-state index >= 15 is 0 Å². The zero-order valence-electron chi connectivity index (χ0n) is 7.25. The third-order valence-corrected chi connectivity index (χ3v) is 0.827. The van der Waals surface area contributed by atoms with E-state index in [9.17, 15) is 0 Å². The van der Waals surface area contributed by atoms with Crippen molar-refractivity contribution < 1.29 is 4.74 Å². The Morgan fingerprint density at radius 1 is 0.917 bits per heavy atom. The Labute approximate surface area is 94.1 Å². The fourth-order valence-electron chi connectivity index (χ4n) is 0.510. The van der Waals surface area contributed by atoms with Crippen molar-refractivity contribution in [2.24, 2.45) is 0 Å². The Morgan fingerprint density at radius 3 is 1.25 bits per heavy atom. The van der Waals surface area contributed by atoms with Gasteiger partial charge in [-0.2, -0.15) is 0 Å². The summed E-state index contributed by atoms with van der Waals surface area (Å²) in [6.07, 6.45) is 2.56. The molecule has 76 valence electrons. The number of halogens is 4. The molecular formula is C6H14Cl4OSi. The van der Waals surface area contributed by atoms with Gasteiger partial charge >= 0.3 is 5.31 Å². The van der Waals surface area contributed by atoms with Gasteiger partial charge in [0.2, 0.25) is 0 Å². The molecule has 0 amide bonds. The maximum Gasteiger partial charge on any atom is 0.440 e. The van der Waals surface area contributed by atoms with Gasteiger partial charge in [-0.05, 0) is 12.8 Å². The van der Waals surface area contributed by atoms with E-state index in [1.165, 1.54) is 12.8 Å². The van der Waals surface area contributed by atoms with Gasteiger partial charge in [0.05, 0.1) is 0 Å². The summed E-state index contributed by atoms with van der Waals surface area (Å²) in [5.41, 5.74) is 0. The van der Waals surface area contributed by atoms with Crippen LogP contribution in [0.1, 0.15) is 26.7 Å². The van der Waals surface area contributed by atoms with Gasteiger partial charge in [0.1, 0.15) is 0 Å². The van der Waals surface area contributed by atoms with E-state index in [1.54, 1.807) is 0 Å². The van der Waals surface area contributed by atoms with Crippen LogP contribution in [-0.2, 0) is 4.74 Å². The van der Waals surface area contributed by atoms with E-state index in [0.29, 0.717) is 0 Å². The fourth-order valence-corrected chi connectivity index (χ4v) is 0.510. The van der Waals surface area contributed by atoms with E-state index in [1.807, 2.05) is 13.8 Å². The summed E-state index contributed by atoms with van der Waals surface area (Å²) >= 11 is 19.9. The SMILES string of the molecule is C1CCOC1.CC.Cl[Si](Cl)(Cl)Cl. The first kappa shape index (κ1) is 15.8. The molecule has 1 saturated heterocycles. The molecule has 0 atom stereocenters. The topological polar surface area (TPSA) is 9.23 Å². The van der Waals surface area contributed by atoms with Crippen LogP contribution in [0.5, 0.6) is 0 Å². The van der Waals surface area contributed by atoms with Crippen molar-refractivity contribution >= 4 is 49.6 Å². The van der Waals surface area contributed by atoms with Crippen molar-refractivity contribution in [2.75, 3.05) is 13.2 Å². The minimum absolute atomic E-state index is 1.00. The first-order valence-corrected chi connectivity index (χ1v) is 9.88. The van der Waals surface area contributed by atoms with Crippen LogP contribution in [0.25, 0.3) is 0 Å². The van der Waals surface area contributed by atoms with Gasteiger partial charge in [0, 0.05) is 13.2 Å². The largest absolute Gasteiger partial charge is 0.440 e. The molecule has 12 heavy (non-hydrogen) atoms. The van der Waals surface area contributed by atoms with Crippen molar-refractivity contribution in [1.82, 2.24) is 0 Å². The molecule has 0 aromatic carbocycles. The van der Waals surface area contributed by atoms with Crippen LogP contribution in [0.3, 0.4) is 0 Å². The molecule has 1 aliphatic heterocycles. The molecule has 0 radical (unpaired) electrons. The average molecular weight is 272 g/mol. The Bertz CT molecular complexity index is 68.5. The van der Waals surface area contributed by atoms with Crippen LogP contribution < -0.4 is 0 Å². The van der Waals surface area contributed by atoms with E-state index in [0.717, 1.165) is 13.2 Å². The molecule has 1 fully saturated rings. The van der Waals surface area contributed by atoms with Gasteiger partial charge in [-0.25, -0.2) is 0 Å². The van der Waals surface area contributed by atoms with Crippen LogP contribution in [0, 0.1) is 0 Å². The molecule has 0 unspecified atom stereocenters. The summed E-state index contributed by atoms with van der Waals surface area (Å²) < 4.78 is 4.94. The number of hydrogen-bond donors (Lipinski definition) is 0. The van der Waals surface area contributed by atoms with Crippen molar-refractivity contribution in [3.63, 3.8) is 0 Å². The van der Waals surface area contributed by atoms with Gasteiger partial charge in [-0.3, -0.25) is 0 Å². The Morgan fingerprint density at radius 2 is 1.17 bits per heavy atom. The Balaban J connectivity index is 0. The third-order valence-electron chi connectivity index (χ3n) is 0.827. The van der Waals surface area contributed by atoms with Crippen molar-refractivity contribution in [1.29, 1.82) is 0 Å². The van der Waals surface area contributed by atoms with Crippen molar-refractivity contribution in [2.45, 2.75) is 26.7 Å². The fraction of sp³-hybridized carbons (Fsp3) is 1.00. The van der Waals surface area contributed by atoms with Gasteiger partial charge < -0.3 is 4.74 Å². The van der Waals surface area contributed by atoms with E-state index in [4.69, 9.17) is 49.1 Å². The molecule has 0 bridgehead atoms. The smallest absolute Gasteiger partial charge is 0.381 e. The second-order valence-corrected chi connectivity index (χ2v) is 12.9. The maximum absolute atomic E-state index is 4.97. The zero-order chi connectivity index (χ0) is 10.0. The lowest BCUT2D eigenvalue weighted by Gasteiger charge is -1.85. The minimum Gasteiger partial charge on any atom is -0.381 e. The lowest BCUT2D eigenvalue weighted by Crippen LogP contribution is -1.91. The van der Waals surface area contributed by atoms with Crippen LogP contribution in [0.2, 0.25) is 0 Å². The highest BCUT2D eigenvalue weighted by Gasteiger charge is 2.19. The van der Waals surface area contributed by atoms with Gasteiger partial charge in [-0.15, -0.1) is 44.3 Å². The second kappa shape index (κ2) is 10.4. The van der Waals surface area contributed by atoms with E-state index < -0.39 is 5.31 Å². The molecule has 0 saturated carbocycles. The molecule has 0 aliphatic carbocycles. The van der Waals surface area contributed by atoms with Crippen LogP contribution in [0.15, 0.2) is 0 Å². The summed E-state index contributed by atoms with van der Waals surface area (Å²) in [6.45, 7) is 6.00. The van der Waals surface area contributed by atoms with E-state index in [2.05, 4.69) is 0 Å². The lowest BCUT2D eigenvalue weighted by molar-refractivity contribution is 0.198. The summed E-state index contributed by atoms with van der Waals surface area (Å²) in [5.74, 6) is 0. The first-order chi connectivity index (χ1) is 5.50. The summed E-state index contributed by atoms with van der Waals surface area (Å²) in [5, 5.41) is -2.72. The molecule has 1 heterocycles. The summed E-state index contributed by atoms with van der Waals surface area (Å²) in [6, 6.07) is 0. The molecule has 0 spiro atoms. The van der Waals surface area contributed by atoms with Crippen LogP contribution >= 0.6 is 44.3 Å². The Kier molecular flexibility index (Phi) is 13.7. The minimum atomic E-state index is -2.72. The molecule has 6 heteroatoms. The van der Waals surface area contributed by atoms with Gasteiger partial charge in [0.25, 0.3) is 0 Å². The van der Waals surface area contributed by atoms with Crippen molar-refractivity contribution in [3.05, 3.63) is 0 Å². The highest BCUT2D eigenvalue weighted by molar-refractivity contribution is 7.81. The molecule has 1 rings (SSSR count). The summed E-state index contributed by atoms with van der Waals surface area (Å²) in [7, 11) is 0. The monoisotopic (exact) mass is 270 g/mol. The molecular weight excluding hydrogens is 258 g/mol. The second-order valence-electron chi connectivity index (χ2n) is 1.75. The van der Waals surface area contributed by atoms with Gasteiger partial charge in [0.15, 0.2) is 0 Å². The highest BCUT2D eigenvalue weighted by Crippen LogP contribution is 2.23. The van der Waals surface area contributed by atoms with Gasteiger partial charge in [-0.1, -0.05) is 13.8 Å². The molecule has 0 aromatic heterocycles. The maximum atomic E-state index is 4.97. The lowest BCUT2D eigenvalue weighted by atomic mass is 10.4. The van der Waals surface area contributed by atoms with Crippen LogP contribution in [0.4, 0.5) is 0 Å². The molecule has 1 nitrogen and oxygen atoms in total. The zero-order valence-corrected chi connectivity index (χ0v) is 11.3. The van der Waals surface area contributed by atoms with Crippen molar-refractivity contribution in [3.8, 4) is 0 Å². The third kappa shape index (κ3) is 30.2. The first-order valence-electron chi connectivity index (χ1n) is 3.83. The van der Waals surface area contributed by atoms with E-state index in [-0.39, 0.29) is 0 Å². The number of hydrogen-bond acceptors (Lipinski definition) is 1. The normalized spacial score (nSPS) is 15.5. The quantitative estimate of drug-likeness (QED) is 0.474.